The van der Waals surface area contributed by atoms with Crippen LogP contribution in [0.5, 0.6) is 0 Å². The third kappa shape index (κ3) is 2.29. The molecule has 0 saturated carbocycles. The number of hydrogen-bond donors (Lipinski definition) is 0. The van der Waals surface area contributed by atoms with Crippen molar-refractivity contribution in [2.24, 2.45) is 0 Å². The van der Waals surface area contributed by atoms with E-state index in [-0.39, 0.29) is 11.1 Å². The van der Waals surface area contributed by atoms with Crippen molar-refractivity contribution in [1.82, 2.24) is 19.4 Å². The van der Waals surface area contributed by atoms with Gasteiger partial charge >= 0.3 is 0 Å². The fourth-order valence-electron chi connectivity index (χ4n) is 5.49. The SMILES string of the molecule is O=c1c2nccnc2c2nccc3c4cc(-c5ccc6c(c5)S(=O)(=O)c5ccccc5-6)ccc4n1c32. The number of sulfone groups is 1. The van der Waals surface area contributed by atoms with Gasteiger partial charge in [-0.25, -0.2) is 13.4 Å². The Labute approximate surface area is 203 Å². The van der Waals surface area contributed by atoms with Gasteiger partial charge < -0.3 is 0 Å². The molecule has 0 N–H and O–H groups in total. The molecule has 0 amide bonds. The molecule has 7 nitrogen and oxygen atoms in total. The minimum absolute atomic E-state index is 0.243. The maximum Gasteiger partial charge on any atom is 0.283 e. The molecule has 1 aliphatic heterocycles. The molecule has 0 atom stereocenters. The van der Waals surface area contributed by atoms with Gasteiger partial charge in [-0.1, -0.05) is 36.4 Å². The largest absolute Gasteiger partial charge is 0.283 e. The zero-order valence-electron chi connectivity index (χ0n) is 18.5. The molecular formula is C28H14N4O3S. The monoisotopic (exact) mass is 486 g/mol. The fraction of sp³-hybridized carbons (Fsp3) is 0. The lowest BCUT2D eigenvalue weighted by atomic mass is 9.99. The normalized spacial score (nSPS) is 14.1. The second-order valence-electron chi connectivity index (χ2n) is 8.89. The Balaban J connectivity index is 1.42. The van der Waals surface area contributed by atoms with Crippen molar-refractivity contribution in [3.8, 4) is 22.3 Å². The summed E-state index contributed by atoms with van der Waals surface area (Å²) in [5.41, 5.74) is 5.67. The molecule has 4 aromatic heterocycles. The van der Waals surface area contributed by atoms with Gasteiger partial charge in [0.2, 0.25) is 9.84 Å². The Morgan fingerprint density at radius 2 is 1.36 bits per heavy atom. The van der Waals surface area contributed by atoms with Crippen LogP contribution < -0.4 is 5.56 Å². The molecule has 0 unspecified atom stereocenters. The highest BCUT2D eigenvalue weighted by Gasteiger charge is 2.32. The second kappa shape index (κ2) is 6.50. The average molecular weight is 487 g/mol. The maximum absolute atomic E-state index is 13.4. The van der Waals surface area contributed by atoms with Crippen molar-refractivity contribution in [3.63, 3.8) is 0 Å². The summed E-state index contributed by atoms with van der Waals surface area (Å²) in [5.74, 6) is 0. The molecule has 8 heteroatoms. The van der Waals surface area contributed by atoms with Gasteiger partial charge in [-0.15, -0.1) is 0 Å². The molecular weight excluding hydrogens is 472 g/mol. The summed E-state index contributed by atoms with van der Waals surface area (Å²) in [5, 5.41) is 1.75. The van der Waals surface area contributed by atoms with E-state index in [9.17, 15) is 13.2 Å². The standard InChI is InChI=1S/C28H14N4O3S/c33-28-26-24(30-11-12-31-26)25-27-19(9-10-29-25)20-13-15(6-8-21(20)32(27)28)16-5-7-18-17-3-1-2-4-22(17)36(34,35)23(18)14-16/h1-14H. The smallest absolute Gasteiger partial charge is 0.272 e. The summed E-state index contributed by atoms with van der Waals surface area (Å²) >= 11 is 0. The van der Waals surface area contributed by atoms with Crippen LogP contribution in [-0.4, -0.2) is 27.8 Å². The topological polar surface area (TPSA) is 94.3 Å². The van der Waals surface area contributed by atoms with Gasteiger partial charge in [0.15, 0.2) is 5.52 Å². The highest BCUT2D eigenvalue weighted by atomic mass is 32.2. The Hall–Kier alpha value is -4.69. The Bertz CT molecular complexity index is 2250. The Kier molecular flexibility index (Phi) is 3.54. The number of nitrogens with zero attached hydrogens (tertiary/aromatic N) is 4. The van der Waals surface area contributed by atoms with Gasteiger partial charge in [0.1, 0.15) is 11.0 Å². The zero-order chi connectivity index (χ0) is 24.2. The molecule has 1 aliphatic rings. The first kappa shape index (κ1) is 19.6. The third-order valence-corrected chi connectivity index (χ3v) is 8.93. The molecule has 5 heterocycles. The van der Waals surface area contributed by atoms with Crippen LogP contribution >= 0.6 is 0 Å². The molecule has 3 aromatic carbocycles. The second-order valence-corrected chi connectivity index (χ2v) is 10.8. The summed E-state index contributed by atoms with van der Waals surface area (Å²) in [6.07, 6.45) is 4.77. The molecule has 0 saturated heterocycles. The van der Waals surface area contributed by atoms with E-state index < -0.39 is 9.84 Å². The lowest BCUT2D eigenvalue weighted by Gasteiger charge is -2.06. The molecule has 36 heavy (non-hydrogen) atoms. The van der Waals surface area contributed by atoms with Crippen molar-refractivity contribution in [2.45, 2.75) is 9.79 Å². The van der Waals surface area contributed by atoms with Crippen LogP contribution in [0.4, 0.5) is 0 Å². The maximum atomic E-state index is 13.4. The van der Waals surface area contributed by atoms with Crippen LogP contribution in [0.15, 0.2) is 99.9 Å². The molecule has 0 bridgehead atoms. The van der Waals surface area contributed by atoms with E-state index in [1.165, 1.54) is 6.20 Å². The molecule has 0 radical (unpaired) electrons. The number of benzene rings is 3. The molecule has 0 aliphatic carbocycles. The summed E-state index contributed by atoms with van der Waals surface area (Å²) < 4.78 is 28.1. The van der Waals surface area contributed by atoms with Crippen molar-refractivity contribution in [1.29, 1.82) is 0 Å². The Morgan fingerprint density at radius 3 is 2.25 bits per heavy atom. The van der Waals surface area contributed by atoms with E-state index in [1.807, 2.05) is 48.5 Å². The highest BCUT2D eigenvalue weighted by Crippen LogP contribution is 2.44. The third-order valence-electron chi connectivity index (χ3n) is 7.07. The first-order valence-corrected chi connectivity index (χ1v) is 12.8. The van der Waals surface area contributed by atoms with Crippen LogP contribution in [0, 0.1) is 0 Å². The minimum Gasteiger partial charge on any atom is -0.272 e. The van der Waals surface area contributed by atoms with Crippen LogP contribution in [-0.2, 0) is 9.84 Å². The summed E-state index contributed by atoms with van der Waals surface area (Å²) in [7, 11) is -3.58. The zero-order valence-corrected chi connectivity index (χ0v) is 19.3. The van der Waals surface area contributed by atoms with Crippen molar-refractivity contribution < 1.29 is 8.42 Å². The number of rotatable bonds is 1. The number of aromatic nitrogens is 4. The number of pyridine rings is 2. The quantitative estimate of drug-likeness (QED) is 0.308. The lowest BCUT2D eigenvalue weighted by molar-refractivity contribution is 0.598. The predicted molar refractivity (Wildman–Crippen MR) is 137 cm³/mol. The summed E-state index contributed by atoms with van der Waals surface area (Å²) in [6.45, 7) is 0. The Morgan fingerprint density at radius 1 is 0.639 bits per heavy atom. The van der Waals surface area contributed by atoms with Crippen molar-refractivity contribution in [2.75, 3.05) is 0 Å². The molecule has 0 spiro atoms. The highest BCUT2D eigenvalue weighted by molar-refractivity contribution is 7.92. The van der Waals surface area contributed by atoms with Crippen molar-refractivity contribution in [3.05, 3.63) is 95.7 Å². The number of hydrogen-bond acceptors (Lipinski definition) is 6. The van der Waals surface area contributed by atoms with Crippen LogP contribution in [0.25, 0.3) is 60.6 Å². The fourth-order valence-corrected chi connectivity index (χ4v) is 7.20. The summed E-state index contributed by atoms with van der Waals surface area (Å²) in [4.78, 5) is 27.2. The van der Waals surface area contributed by atoms with E-state index in [0.29, 0.717) is 26.3 Å². The van der Waals surface area contributed by atoms with Gasteiger partial charge in [-0.3, -0.25) is 19.2 Å². The van der Waals surface area contributed by atoms with Gasteiger partial charge in [-0.05, 0) is 41.5 Å². The van der Waals surface area contributed by atoms with Crippen LogP contribution in [0.2, 0.25) is 0 Å². The minimum atomic E-state index is -3.58. The van der Waals surface area contributed by atoms with E-state index in [4.69, 9.17) is 0 Å². The predicted octanol–water partition coefficient (Wildman–Crippen LogP) is 4.86. The van der Waals surface area contributed by atoms with Crippen LogP contribution in [0.1, 0.15) is 0 Å². The summed E-state index contributed by atoms with van der Waals surface area (Å²) in [6, 6.07) is 20.3. The van der Waals surface area contributed by atoms with Gasteiger partial charge in [-0.2, -0.15) is 0 Å². The molecule has 8 rings (SSSR count). The van der Waals surface area contributed by atoms with Crippen molar-refractivity contribution >= 4 is 48.2 Å². The van der Waals surface area contributed by atoms with E-state index >= 15 is 0 Å². The van der Waals surface area contributed by atoms with Gasteiger partial charge in [0, 0.05) is 40.5 Å². The molecule has 170 valence electrons. The van der Waals surface area contributed by atoms with E-state index in [0.717, 1.165) is 38.5 Å². The number of fused-ring (bicyclic) bond motifs is 8. The van der Waals surface area contributed by atoms with E-state index in [2.05, 4.69) is 15.0 Å². The van der Waals surface area contributed by atoms with Gasteiger partial charge in [0.05, 0.1) is 20.8 Å². The average Bonchev–Trinajstić information content (AvgIpc) is 3.37. The first-order valence-electron chi connectivity index (χ1n) is 11.3. The van der Waals surface area contributed by atoms with E-state index in [1.54, 1.807) is 35.0 Å². The first-order chi connectivity index (χ1) is 17.5. The van der Waals surface area contributed by atoms with Crippen LogP contribution in [0.3, 0.4) is 0 Å². The molecule has 0 fully saturated rings. The van der Waals surface area contributed by atoms with Gasteiger partial charge in [0.25, 0.3) is 5.56 Å². The lowest BCUT2D eigenvalue weighted by Crippen LogP contribution is -2.15. The molecule has 7 aromatic rings.